The van der Waals surface area contributed by atoms with Gasteiger partial charge in [-0.15, -0.1) is 0 Å². The van der Waals surface area contributed by atoms with Gasteiger partial charge in [0.05, 0.1) is 12.1 Å². The van der Waals surface area contributed by atoms with Gasteiger partial charge in [-0.2, -0.15) is 0 Å². The highest BCUT2D eigenvalue weighted by Crippen LogP contribution is 2.19. The fourth-order valence-corrected chi connectivity index (χ4v) is 2.59. The maximum atomic E-state index is 12.2. The molecule has 2 aromatic heterocycles. The maximum absolute atomic E-state index is 12.2. The standard InChI is InChI=1S/C14H11BrN4O2/c15-10-6-9-11(12(16)17-10)18-13(20)14(21)19(9)7-8-4-2-1-3-5-8/h1-6H,7H2,(H2,16,17)(H,18,20). The van der Waals surface area contributed by atoms with E-state index in [0.717, 1.165) is 5.56 Å². The number of halogens is 1. The molecule has 7 heteroatoms. The number of aromatic nitrogens is 3. The summed E-state index contributed by atoms with van der Waals surface area (Å²) in [4.78, 5) is 30.5. The number of rotatable bonds is 2. The molecule has 0 saturated carbocycles. The van der Waals surface area contributed by atoms with Crippen LogP contribution in [0, 0.1) is 0 Å². The van der Waals surface area contributed by atoms with Crippen molar-refractivity contribution in [3.05, 3.63) is 67.3 Å². The Morgan fingerprint density at radius 1 is 1.24 bits per heavy atom. The van der Waals surface area contributed by atoms with E-state index in [1.807, 2.05) is 30.3 Å². The second kappa shape index (κ2) is 5.17. The average Bonchev–Trinajstić information content (AvgIpc) is 2.46. The summed E-state index contributed by atoms with van der Waals surface area (Å²) in [5.41, 5.74) is 6.28. The number of nitrogen functional groups attached to an aromatic ring is 1. The van der Waals surface area contributed by atoms with Crippen LogP contribution in [0.5, 0.6) is 0 Å². The van der Waals surface area contributed by atoms with Crippen LogP contribution in [0.25, 0.3) is 11.0 Å². The van der Waals surface area contributed by atoms with Gasteiger partial charge in [-0.25, -0.2) is 4.98 Å². The molecule has 0 aliphatic rings. The Bertz CT molecular complexity index is 931. The molecule has 1 aromatic carbocycles. The monoisotopic (exact) mass is 346 g/mol. The van der Waals surface area contributed by atoms with E-state index in [-0.39, 0.29) is 12.4 Å². The van der Waals surface area contributed by atoms with Crippen LogP contribution in [0.4, 0.5) is 5.82 Å². The van der Waals surface area contributed by atoms with Crippen molar-refractivity contribution in [1.29, 1.82) is 0 Å². The summed E-state index contributed by atoms with van der Waals surface area (Å²) in [5.74, 6) is 0.165. The zero-order valence-corrected chi connectivity index (χ0v) is 12.4. The first-order chi connectivity index (χ1) is 10.1. The van der Waals surface area contributed by atoms with Gasteiger partial charge in [0.15, 0.2) is 5.82 Å². The number of nitrogens with one attached hydrogen (secondary N) is 1. The second-order valence-corrected chi connectivity index (χ2v) is 5.37. The third kappa shape index (κ3) is 2.47. The molecule has 6 nitrogen and oxygen atoms in total. The second-order valence-electron chi connectivity index (χ2n) is 4.56. The summed E-state index contributed by atoms with van der Waals surface area (Å²) >= 11 is 3.25. The van der Waals surface area contributed by atoms with Crippen molar-refractivity contribution in [2.24, 2.45) is 0 Å². The fourth-order valence-electron chi connectivity index (χ4n) is 2.18. The number of pyridine rings is 1. The molecular weight excluding hydrogens is 336 g/mol. The molecule has 106 valence electrons. The molecule has 2 heterocycles. The van der Waals surface area contributed by atoms with Crippen molar-refractivity contribution < 1.29 is 0 Å². The molecule has 0 aliphatic heterocycles. The summed E-state index contributed by atoms with van der Waals surface area (Å²) in [7, 11) is 0. The van der Waals surface area contributed by atoms with Crippen LogP contribution in [0.3, 0.4) is 0 Å². The zero-order valence-electron chi connectivity index (χ0n) is 10.8. The summed E-state index contributed by atoms with van der Waals surface area (Å²) in [6, 6.07) is 11.1. The van der Waals surface area contributed by atoms with Crippen LogP contribution in [-0.2, 0) is 6.54 Å². The fraction of sp³-hybridized carbons (Fsp3) is 0.0714. The summed E-state index contributed by atoms with van der Waals surface area (Å²) in [6.07, 6.45) is 0. The third-order valence-electron chi connectivity index (χ3n) is 3.15. The lowest BCUT2D eigenvalue weighted by atomic mass is 10.2. The molecule has 0 bridgehead atoms. The summed E-state index contributed by atoms with van der Waals surface area (Å²) in [5, 5.41) is 0. The van der Waals surface area contributed by atoms with Gasteiger partial charge in [0.2, 0.25) is 0 Å². The van der Waals surface area contributed by atoms with E-state index in [1.165, 1.54) is 4.57 Å². The average molecular weight is 347 g/mol. The smallest absolute Gasteiger partial charge is 0.317 e. The molecule has 0 unspecified atom stereocenters. The Labute approximate surface area is 127 Å². The summed E-state index contributed by atoms with van der Waals surface area (Å²) < 4.78 is 1.90. The first-order valence-electron chi connectivity index (χ1n) is 6.19. The third-order valence-corrected chi connectivity index (χ3v) is 3.55. The first kappa shape index (κ1) is 13.6. The highest BCUT2D eigenvalue weighted by atomic mass is 79.9. The lowest BCUT2D eigenvalue weighted by Crippen LogP contribution is -2.36. The molecule has 0 radical (unpaired) electrons. The number of nitrogens with zero attached hydrogens (tertiary/aromatic N) is 2. The molecule has 0 aliphatic carbocycles. The van der Waals surface area contributed by atoms with Crippen molar-refractivity contribution in [3.8, 4) is 0 Å². The predicted molar refractivity (Wildman–Crippen MR) is 84.3 cm³/mol. The molecule has 0 fully saturated rings. The van der Waals surface area contributed by atoms with E-state index in [2.05, 4.69) is 25.9 Å². The van der Waals surface area contributed by atoms with E-state index in [4.69, 9.17) is 5.73 Å². The Morgan fingerprint density at radius 3 is 2.67 bits per heavy atom. The van der Waals surface area contributed by atoms with Gasteiger partial charge >= 0.3 is 11.1 Å². The van der Waals surface area contributed by atoms with Crippen LogP contribution < -0.4 is 16.9 Å². The highest BCUT2D eigenvalue weighted by Gasteiger charge is 2.12. The normalized spacial score (nSPS) is 10.9. The minimum absolute atomic E-state index is 0.165. The Hall–Kier alpha value is -2.41. The Balaban J connectivity index is 2.32. The molecule has 3 N–H and O–H groups in total. The van der Waals surface area contributed by atoms with Crippen molar-refractivity contribution in [3.63, 3.8) is 0 Å². The van der Waals surface area contributed by atoms with Gasteiger partial charge in [-0.3, -0.25) is 14.2 Å². The van der Waals surface area contributed by atoms with Crippen molar-refractivity contribution in [2.75, 3.05) is 5.73 Å². The number of fused-ring (bicyclic) bond motifs is 1. The van der Waals surface area contributed by atoms with Gasteiger partial charge in [0.1, 0.15) is 10.1 Å². The van der Waals surface area contributed by atoms with Crippen molar-refractivity contribution in [1.82, 2.24) is 14.5 Å². The number of nitrogens with two attached hydrogens (primary N) is 1. The molecule has 0 saturated heterocycles. The number of hydrogen-bond acceptors (Lipinski definition) is 4. The first-order valence-corrected chi connectivity index (χ1v) is 6.98. The molecule has 0 spiro atoms. The Kier molecular flexibility index (Phi) is 3.34. The molecular formula is C14H11BrN4O2. The SMILES string of the molecule is Nc1nc(Br)cc2c1[nH]c(=O)c(=O)n2Cc1ccccc1. The van der Waals surface area contributed by atoms with Gasteiger partial charge in [-0.1, -0.05) is 30.3 Å². The molecule has 0 amide bonds. The quantitative estimate of drug-likeness (QED) is 0.542. The lowest BCUT2D eigenvalue weighted by molar-refractivity contribution is 0.775. The number of hydrogen-bond donors (Lipinski definition) is 2. The molecule has 3 aromatic rings. The van der Waals surface area contributed by atoms with Crippen molar-refractivity contribution in [2.45, 2.75) is 6.54 Å². The number of aromatic amines is 1. The minimum Gasteiger partial charge on any atom is -0.382 e. The highest BCUT2D eigenvalue weighted by molar-refractivity contribution is 9.10. The van der Waals surface area contributed by atoms with Gasteiger partial charge in [0.25, 0.3) is 0 Å². The van der Waals surface area contributed by atoms with E-state index in [9.17, 15) is 9.59 Å². The van der Waals surface area contributed by atoms with Crippen LogP contribution in [0.15, 0.2) is 50.6 Å². The molecule has 21 heavy (non-hydrogen) atoms. The van der Waals surface area contributed by atoms with Crippen LogP contribution in [0.1, 0.15) is 5.56 Å². The number of benzene rings is 1. The van der Waals surface area contributed by atoms with E-state index in [1.54, 1.807) is 6.07 Å². The topological polar surface area (TPSA) is 93.8 Å². The summed E-state index contributed by atoms with van der Waals surface area (Å²) in [6.45, 7) is 0.288. The van der Waals surface area contributed by atoms with E-state index >= 15 is 0 Å². The number of anilines is 1. The molecule has 0 atom stereocenters. The molecule has 3 rings (SSSR count). The zero-order chi connectivity index (χ0) is 15.0. The number of H-pyrrole nitrogens is 1. The van der Waals surface area contributed by atoms with E-state index < -0.39 is 11.1 Å². The van der Waals surface area contributed by atoms with Crippen LogP contribution >= 0.6 is 15.9 Å². The van der Waals surface area contributed by atoms with E-state index in [0.29, 0.717) is 15.6 Å². The largest absolute Gasteiger partial charge is 0.382 e. The maximum Gasteiger partial charge on any atom is 0.317 e. The van der Waals surface area contributed by atoms with Crippen molar-refractivity contribution >= 4 is 32.8 Å². The van der Waals surface area contributed by atoms with Crippen LogP contribution in [0.2, 0.25) is 0 Å². The van der Waals surface area contributed by atoms with Crippen LogP contribution in [-0.4, -0.2) is 14.5 Å². The predicted octanol–water partition coefficient (Wildman–Crippen LogP) is 1.48. The lowest BCUT2D eigenvalue weighted by Gasteiger charge is -2.11. The minimum atomic E-state index is -0.714. The van der Waals surface area contributed by atoms with Gasteiger partial charge < -0.3 is 10.7 Å². The Morgan fingerprint density at radius 2 is 1.95 bits per heavy atom. The van der Waals surface area contributed by atoms with Gasteiger partial charge in [-0.05, 0) is 27.6 Å². The van der Waals surface area contributed by atoms with Gasteiger partial charge in [0, 0.05) is 0 Å².